The van der Waals surface area contributed by atoms with Gasteiger partial charge in [-0.3, -0.25) is 4.79 Å². The summed E-state index contributed by atoms with van der Waals surface area (Å²) >= 11 is 0. The van der Waals surface area contributed by atoms with Crippen molar-refractivity contribution in [3.8, 4) is 0 Å². The number of nitrogens with one attached hydrogen (secondary N) is 2. The molecular weight excluding hydrogens is 232 g/mol. The molecule has 0 bridgehead atoms. The highest BCUT2D eigenvalue weighted by atomic mass is 32.2. The lowest BCUT2D eigenvalue weighted by atomic mass is 10.1. The number of carboxylic acids is 1. The molecule has 3 N–H and O–H groups in total. The second-order valence-corrected chi connectivity index (χ2v) is 5.53. The van der Waals surface area contributed by atoms with Gasteiger partial charge in [0.05, 0.1) is 5.92 Å². The third kappa shape index (κ3) is 3.73. The Morgan fingerprint density at radius 2 is 2.12 bits per heavy atom. The first-order valence-corrected chi connectivity index (χ1v) is 6.94. The van der Waals surface area contributed by atoms with E-state index in [4.69, 9.17) is 5.11 Å². The molecule has 0 heterocycles. The molecule has 1 fully saturated rings. The quantitative estimate of drug-likeness (QED) is 0.622. The van der Waals surface area contributed by atoms with E-state index in [1.165, 1.54) is 0 Å². The summed E-state index contributed by atoms with van der Waals surface area (Å²) in [6.45, 7) is 2.22. The van der Waals surface area contributed by atoms with Crippen LogP contribution in [0.5, 0.6) is 0 Å². The highest BCUT2D eigenvalue weighted by Gasteiger charge is 2.35. The van der Waals surface area contributed by atoms with E-state index < -0.39 is 28.1 Å². The van der Waals surface area contributed by atoms with Gasteiger partial charge < -0.3 is 5.11 Å². The lowest BCUT2D eigenvalue weighted by molar-refractivity contribution is -0.141. The van der Waals surface area contributed by atoms with Crippen LogP contribution in [0.3, 0.4) is 0 Å². The Balaban J connectivity index is 2.56. The van der Waals surface area contributed by atoms with Gasteiger partial charge in [0.2, 0.25) is 0 Å². The number of aliphatic carboxylic acids is 1. The van der Waals surface area contributed by atoms with Crippen LogP contribution in [0.1, 0.15) is 32.6 Å². The summed E-state index contributed by atoms with van der Waals surface area (Å²) in [5.74, 6) is -1.53. The summed E-state index contributed by atoms with van der Waals surface area (Å²) in [6, 6.07) is -0.480. The van der Waals surface area contributed by atoms with E-state index in [0.29, 0.717) is 25.8 Å². The van der Waals surface area contributed by atoms with Crippen LogP contribution in [0.4, 0.5) is 0 Å². The predicted octanol–water partition coefficient (Wildman–Crippen LogP) is 0.0737. The van der Waals surface area contributed by atoms with Gasteiger partial charge in [-0.2, -0.15) is 13.1 Å². The highest BCUT2D eigenvalue weighted by Crippen LogP contribution is 2.26. The van der Waals surface area contributed by atoms with E-state index in [9.17, 15) is 13.2 Å². The van der Waals surface area contributed by atoms with Gasteiger partial charge in [-0.05, 0) is 19.3 Å². The van der Waals surface area contributed by atoms with Crippen LogP contribution in [0.25, 0.3) is 0 Å². The first-order valence-electron chi connectivity index (χ1n) is 5.46. The molecular formula is C9H18N2O4S. The van der Waals surface area contributed by atoms with Gasteiger partial charge in [-0.15, -0.1) is 0 Å². The van der Waals surface area contributed by atoms with Crippen molar-refractivity contribution in [1.29, 1.82) is 0 Å². The fraction of sp³-hybridized carbons (Fsp3) is 0.889. The first kappa shape index (κ1) is 13.4. The highest BCUT2D eigenvalue weighted by molar-refractivity contribution is 7.87. The van der Waals surface area contributed by atoms with Crippen LogP contribution in [-0.4, -0.2) is 32.1 Å². The van der Waals surface area contributed by atoms with E-state index >= 15 is 0 Å². The molecule has 6 nitrogen and oxygen atoms in total. The van der Waals surface area contributed by atoms with Crippen molar-refractivity contribution >= 4 is 16.2 Å². The standard InChI is InChI=1S/C9H18N2O4S/c1-2-6-10-16(14,15)11-8-5-3-4-7(8)9(12)13/h7-8,10-11H,2-6H2,1H3,(H,12,13). The molecule has 1 saturated carbocycles. The third-order valence-electron chi connectivity index (χ3n) is 2.68. The van der Waals surface area contributed by atoms with Gasteiger partial charge in [0.1, 0.15) is 0 Å². The molecule has 94 valence electrons. The molecule has 0 aromatic rings. The van der Waals surface area contributed by atoms with Crippen LogP contribution in [0.2, 0.25) is 0 Å². The average molecular weight is 250 g/mol. The minimum atomic E-state index is -3.56. The fourth-order valence-corrected chi connectivity index (χ4v) is 3.11. The second kappa shape index (κ2) is 5.60. The zero-order valence-electron chi connectivity index (χ0n) is 9.27. The number of hydrogen-bond donors (Lipinski definition) is 3. The Morgan fingerprint density at radius 3 is 2.69 bits per heavy atom. The van der Waals surface area contributed by atoms with Crippen LogP contribution < -0.4 is 9.44 Å². The molecule has 16 heavy (non-hydrogen) atoms. The minimum Gasteiger partial charge on any atom is -0.481 e. The normalized spacial score (nSPS) is 25.8. The fourth-order valence-electron chi connectivity index (χ4n) is 1.87. The van der Waals surface area contributed by atoms with E-state index in [-0.39, 0.29) is 0 Å². The molecule has 7 heteroatoms. The van der Waals surface area contributed by atoms with Gasteiger partial charge in [-0.1, -0.05) is 13.3 Å². The van der Waals surface area contributed by atoms with Gasteiger partial charge in [0, 0.05) is 12.6 Å². The van der Waals surface area contributed by atoms with Crippen LogP contribution in [0, 0.1) is 5.92 Å². The van der Waals surface area contributed by atoms with Crippen molar-refractivity contribution in [2.75, 3.05) is 6.54 Å². The Labute approximate surface area is 95.6 Å². The summed E-state index contributed by atoms with van der Waals surface area (Å²) in [5, 5.41) is 8.90. The molecule has 2 unspecified atom stereocenters. The zero-order valence-corrected chi connectivity index (χ0v) is 10.1. The number of rotatable bonds is 6. The Morgan fingerprint density at radius 1 is 1.44 bits per heavy atom. The summed E-state index contributed by atoms with van der Waals surface area (Å²) in [6.07, 6.45) is 2.58. The summed E-state index contributed by atoms with van der Waals surface area (Å²) in [7, 11) is -3.56. The zero-order chi connectivity index (χ0) is 12.2. The maximum absolute atomic E-state index is 11.5. The van der Waals surface area contributed by atoms with Gasteiger partial charge in [-0.25, -0.2) is 4.72 Å². The van der Waals surface area contributed by atoms with Gasteiger partial charge >= 0.3 is 5.97 Å². The maximum Gasteiger partial charge on any atom is 0.308 e. The van der Waals surface area contributed by atoms with Crippen molar-refractivity contribution in [2.45, 2.75) is 38.6 Å². The smallest absolute Gasteiger partial charge is 0.308 e. The number of hydrogen-bond acceptors (Lipinski definition) is 3. The molecule has 2 atom stereocenters. The van der Waals surface area contributed by atoms with E-state index in [0.717, 1.165) is 6.42 Å². The van der Waals surface area contributed by atoms with Crippen molar-refractivity contribution in [3.05, 3.63) is 0 Å². The summed E-state index contributed by atoms with van der Waals surface area (Å²) in [4.78, 5) is 10.9. The number of carboxylic acid groups (broad SMARTS) is 1. The molecule has 0 aliphatic heterocycles. The maximum atomic E-state index is 11.5. The van der Waals surface area contributed by atoms with Crippen molar-refractivity contribution < 1.29 is 18.3 Å². The molecule has 0 saturated heterocycles. The Hall–Kier alpha value is -0.660. The van der Waals surface area contributed by atoms with Crippen LogP contribution in [-0.2, 0) is 15.0 Å². The molecule has 1 aliphatic rings. The molecule has 0 aromatic heterocycles. The molecule has 0 aromatic carbocycles. The van der Waals surface area contributed by atoms with E-state index in [2.05, 4.69) is 9.44 Å². The largest absolute Gasteiger partial charge is 0.481 e. The van der Waals surface area contributed by atoms with Crippen molar-refractivity contribution in [2.24, 2.45) is 5.92 Å². The predicted molar refractivity (Wildman–Crippen MR) is 59.1 cm³/mol. The first-order chi connectivity index (χ1) is 7.46. The second-order valence-electron chi connectivity index (χ2n) is 4.00. The lowest BCUT2D eigenvalue weighted by Crippen LogP contribution is -2.45. The molecule has 1 rings (SSSR count). The topological polar surface area (TPSA) is 95.5 Å². The van der Waals surface area contributed by atoms with Crippen LogP contribution in [0.15, 0.2) is 0 Å². The number of carbonyl (C=O) groups is 1. The molecule has 0 radical (unpaired) electrons. The third-order valence-corrected chi connectivity index (χ3v) is 3.88. The Bertz CT molecular complexity index is 341. The molecule has 0 spiro atoms. The minimum absolute atomic E-state index is 0.361. The van der Waals surface area contributed by atoms with Crippen molar-refractivity contribution in [1.82, 2.24) is 9.44 Å². The Kier molecular flexibility index (Phi) is 4.69. The van der Waals surface area contributed by atoms with Crippen LogP contribution >= 0.6 is 0 Å². The summed E-state index contributed by atoms with van der Waals surface area (Å²) in [5.41, 5.74) is 0. The van der Waals surface area contributed by atoms with E-state index in [1.54, 1.807) is 0 Å². The SMILES string of the molecule is CCCNS(=O)(=O)NC1CCCC1C(=O)O. The average Bonchev–Trinajstić information content (AvgIpc) is 2.62. The monoisotopic (exact) mass is 250 g/mol. The summed E-state index contributed by atoms with van der Waals surface area (Å²) < 4.78 is 27.8. The molecule has 0 amide bonds. The lowest BCUT2D eigenvalue weighted by Gasteiger charge is -2.17. The van der Waals surface area contributed by atoms with Gasteiger partial charge in [0.25, 0.3) is 10.2 Å². The van der Waals surface area contributed by atoms with Crippen molar-refractivity contribution in [3.63, 3.8) is 0 Å². The van der Waals surface area contributed by atoms with Gasteiger partial charge in [0.15, 0.2) is 0 Å². The van der Waals surface area contributed by atoms with E-state index in [1.807, 2.05) is 6.92 Å². The molecule has 1 aliphatic carbocycles.